The second kappa shape index (κ2) is 8.17. The fourth-order valence-electron chi connectivity index (χ4n) is 5.62. The topological polar surface area (TPSA) is 48.8 Å². The number of ether oxygens (including phenoxy) is 1. The Morgan fingerprint density at radius 3 is 2.24 bits per heavy atom. The number of nitrogens with zero attached hydrogens (tertiary/aromatic N) is 3. The molecule has 1 atom stereocenters. The van der Waals surface area contributed by atoms with Gasteiger partial charge < -0.3 is 14.7 Å². The van der Waals surface area contributed by atoms with Gasteiger partial charge in [0, 0.05) is 49.4 Å². The number of aromatic nitrogens is 1. The number of pyridine rings is 1. The molecule has 2 saturated heterocycles. The van der Waals surface area contributed by atoms with Crippen molar-refractivity contribution < 1.29 is 23.0 Å². The molecule has 1 aromatic heterocycles. The summed E-state index contributed by atoms with van der Waals surface area (Å²) in [7, 11) is 0. The molecule has 0 radical (unpaired) electrons. The quantitative estimate of drug-likeness (QED) is 0.676. The Bertz CT molecular complexity index is 981. The summed E-state index contributed by atoms with van der Waals surface area (Å²) in [5.41, 5.74) is 0.298. The van der Waals surface area contributed by atoms with E-state index in [2.05, 4.69) is 26.4 Å². The van der Waals surface area contributed by atoms with Crippen molar-refractivity contribution in [3.05, 3.63) is 53.9 Å². The number of anilines is 1. The fraction of sp³-hybridized carbons (Fsp3) is 0.560. The lowest BCUT2D eigenvalue weighted by molar-refractivity contribution is -0.274. The van der Waals surface area contributed by atoms with Gasteiger partial charge in [-0.1, -0.05) is 25.5 Å². The van der Waals surface area contributed by atoms with E-state index >= 15 is 0 Å². The minimum atomic E-state index is -4.75. The zero-order chi connectivity index (χ0) is 23.3. The van der Waals surface area contributed by atoms with Crippen LogP contribution in [0.3, 0.4) is 0 Å². The molecule has 178 valence electrons. The third-order valence-electron chi connectivity index (χ3n) is 7.69. The minimum absolute atomic E-state index is 0.299. The van der Waals surface area contributed by atoms with Crippen molar-refractivity contribution in [1.29, 1.82) is 0 Å². The van der Waals surface area contributed by atoms with Crippen molar-refractivity contribution in [2.45, 2.75) is 57.0 Å². The van der Waals surface area contributed by atoms with Crippen LogP contribution in [0.15, 0.2) is 42.7 Å². The predicted octanol–water partition coefficient (Wildman–Crippen LogP) is 4.69. The molecule has 1 aromatic carbocycles. The number of alkyl halides is 3. The van der Waals surface area contributed by atoms with E-state index in [-0.39, 0.29) is 5.75 Å². The molecule has 1 aliphatic carbocycles. The molecule has 3 heterocycles. The van der Waals surface area contributed by atoms with Gasteiger partial charge in [-0.05, 0) is 49.4 Å². The Balaban J connectivity index is 1.51. The molecule has 2 aromatic rings. The normalized spacial score (nSPS) is 23.0. The SMILES string of the molecule is CC1(C(O)(c2ccc(OC(F)(F)F)cc2)c2cncc(N3CCCC3)c2)CN(C2CCC2)C1. The second-order valence-corrected chi connectivity index (χ2v) is 9.96. The minimum Gasteiger partial charge on any atom is -0.406 e. The smallest absolute Gasteiger partial charge is 0.406 e. The van der Waals surface area contributed by atoms with Gasteiger partial charge in [0.15, 0.2) is 0 Å². The van der Waals surface area contributed by atoms with Crippen LogP contribution in [0.4, 0.5) is 18.9 Å². The number of benzene rings is 1. The summed E-state index contributed by atoms with van der Waals surface area (Å²) in [4.78, 5) is 9.13. The van der Waals surface area contributed by atoms with E-state index in [1.807, 2.05) is 12.3 Å². The summed E-state index contributed by atoms with van der Waals surface area (Å²) in [5, 5.41) is 12.4. The van der Waals surface area contributed by atoms with E-state index < -0.39 is 17.4 Å². The molecule has 5 rings (SSSR count). The third-order valence-corrected chi connectivity index (χ3v) is 7.69. The highest BCUT2D eigenvalue weighted by Crippen LogP contribution is 2.52. The van der Waals surface area contributed by atoms with Gasteiger partial charge >= 0.3 is 6.36 Å². The summed E-state index contributed by atoms with van der Waals surface area (Å²) in [6, 6.07) is 8.20. The Hall–Kier alpha value is -2.32. The first kappa shape index (κ1) is 22.5. The highest BCUT2D eigenvalue weighted by molar-refractivity contribution is 5.51. The molecule has 2 aliphatic heterocycles. The number of hydrogen-bond acceptors (Lipinski definition) is 5. The fourth-order valence-corrected chi connectivity index (χ4v) is 5.62. The van der Waals surface area contributed by atoms with Gasteiger partial charge in [-0.3, -0.25) is 9.88 Å². The molecule has 5 nitrogen and oxygen atoms in total. The van der Waals surface area contributed by atoms with Crippen LogP contribution in [0, 0.1) is 5.41 Å². The van der Waals surface area contributed by atoms with Crippen LogP contribution in [-0.2, 0) is 5.60 Å². The maximum Gasteiger partial charge on any atom is 0.573 e. The van der Waals surface area contributed by atoms with Crippen molar-refractivity contribution in [2.75, 3.05) is 31.1 Å². The van der Waals surface area contributed by atoms with E-state index in [1.165, 1.54) is 31.4 Å². The molecule has 8 heteroatoms. The summed E-state index contributed by atoms with van der Waals surface area (Å²) in [6.45, 7) is 5.43. The average Bonchev–Trinajstić information content (AvgIpc) is 3.25. The molecule has 1 saturated carbocycles. The van der Waals surface area contributed by atoms with Gasteiger partial charge in [0.25, 0.3) is 0 Å². The predicted molar refractivity (Wildman–Crippen MR) is 119 cm³/mol. The van der Waals surface area contributed by atoms with Gasteiger partial charge in [-0.25, -0.2) is 0 Å². The van der Waals surface area contributed by atoms with Gasteiger partial charge in [-0.15, -0.1) is 13.2 Å². The molecule has 3 fully saturated rings. The number of rotatable bonds is 6. The Labute approximate surface area is 192 Å². The lowest BCUT2D eigenvalue weighted by Crippen LogP contribution is -2.67. The van der Waals surface area contributed by atoms with E-state index in [1.54, 1.807) is 18.3 Å². The number of halogens is 3. The summed E-state index contributed by atoms with van der Waals surface area (Å²) in [6.07, 6.45) is 4.62. The molecular formula is C25H30F3N3O2. The number of likely N-dealkylation sites (tertiary alicyclic amines) is 1. The lowest BCUT2D eigenvalue weighted by Gasteiger charge is -2.60. The summed E-state index contributed by atoms with van der Waals surface area (Å²) in [5.74, 6) is -0.299. The first-order valence-corrected chi connectivity index (χ1v) is 11.7. The zero-order valence-electron chi connectivity index (χ0n) is 18.8. The van der Waals surface area contributed by atoms with E-state index in [0.717, 1.165) is 44.7 Å². The molecule has 1 N–H and O–H groups in total. The van der Waals surface area contributed by atoms with Crippen molar-refractivity contribution in [3.63, 3.8) is 0 Å². The van der Waals surface area contributed by atoms with Crippen molar-refractivity contribution in [3.8, 4) is 5.75 Å². The van der Waals surface area contributed by atoms with E-state index in [9.17, 15) is 18.3 Å². The van der Waals surface area contributed by atoms with Crippen LogP contribution in [0.25, 0.3) is 0 Å². The van der Waals surface area contributed by atoms with Gasteiger partial charge in [0.2, 0.25) is 0 Å². The molecule has 1 unspecified atom stereocenters. The van der Waals surface area contributed by atoms with Crippen LogP contribution in [0.5, 0.6) is 5.75 Å². The van der Waals surface area contributed by atoms with Gasteiger partial charge in [0.05, 0.1) is 11.9 Å². The number of aliphatic hydroxyl groups is 1. The zero-order valence-corrected chi connectivity index (χ0v) is 18.8. The maximum absolute atomic E-state index is 12.7. The van der Waals surface area contributed by atoms with Crippen LogP contribution in [-0.4, -0.2) is 53.6 Å². The first-order valence-electron chi connectivity index (χ1n) is 11.7. The van der Waals surface area contributed by atoms with Crippen LogP contribution >= 0.6 is 0 Å². The Kier molecular flexibility index (Phi) is 5.56. The summed E-state index contributed by atoms with van der Waals surface area (Å²) >= 11 is 0. The summed E-state index contributed by atoms with van der Waals surface area (Å²) < 4.78 is 42.0. The standard InChI is InChI=1S/C25H30F3N3O2/c1-23(16-31(17-23)20-5-4-6-20)24(32,18-7-9-22(10-8-18)33-25(26,27)28)19-13-21(15-29-14-19)30-11-2-3-12-30/h7-10,13-15,20,32H,2-6,11-12,16-17H2,1H3. The highest BCUT2D eigenvalue weighted by atomic mass is 19.4. The van der Waals surface area contributed by atoms with Crippen molar-refractivity contribution in [1.82, 2.24) is 9.88 Å². The maximum atomic E-state index is 12.7. The molecule has 0 spiro atoms. The molecule has 0 amide bonds. The molecule has 3 aliphatic rings. The first-order chi connectivity index (χ1) is 15.7. The Morgan fingerprint density at radius 1 is 1.00 bits per heavy atom. The van der Waals surface area contributed by atoms with Gasteiger partial charge in [0.1, 0.15) is 11.4 Å². The van der Waals surface area contributed by atoms with E-state index in [4.69, 9.17) is 0 Å². The van der Waals surface area contributed by atoms with Gasteiger partial charge in [-0.2, -0.15) is 0 Å². The molecule has 0 bridgehead atoms. The molecular weight excluding hydrogens is 431 g/mol. The van der Waals surface area contributed by atoms with Crippen molar-refractivity contribution >= 4 is 5.69 Å². The van der Waals surface area contributed by atoms with Crippen LogP contribution < -0.4 is 9.64 Å². The second-order valence-electron chi connectivity index (χ2n) is 9.96. The molecule has 33 heavy (non-hydrogen) atoms. The largest absolute Gasteiger partial charge is 0.573 e. The Morgan fingerprint density at radius 2 is 1.67 bits per heavy atom. The highest BCUT2D eigenvalue weighted by Gasteiger charge is 2.57. The van der Waals surface area contributed by atoms with E-state index in [0.29, 0.717) is 17.2 Å². The third kappa shape index (κ3) is 4.08. The number of hydrogen-bond donors (Lipinski definition) is 1. The average molecular weight is 462 g/mol. The van der Waals surface area contributed by atoms with Crippen LogP contribution in [0.1, 0.15) is 50.2 Å². The monoisotopic (exact) mass is 461 g/mol. The van der Waals surface area contributed by atoms with Crippen LogP contribution in [0.2, 0.25) is 0 Å². The lowest BCUT2D eigenvalue weighted by atomic mass is 9.61. The van der Waals surface area contributed by atoms with Crippen molar-refractivity contribution in [2.24, 2.45) is 5.41 Å².